The van der Waals surface area contributed by atoms with Crippen molar-refractivity contribution in [1.29, 1.82) is 0 Å². The largest absolute Gasteiger partial charge is 0.376 e. The quantitative estimate of drug-likeness (QED) is 0.711. The van der Waals surface area contributed by atoms with Crippen LogP contribution in [0.5, 0.6) is 0 Å². The zero-order valence-electron chi connectivity index (χ0n) is 14.4. The summed E-state index contributed by atoms with van der Waals surface area (Å²) in [4.78, 5) is 4.25. The van der Waals surface area contributed by atoms with E-state index in [9.17, 15) is 12.8 Å². The van der Waals surface area contributed by atoms with Gasteiger partial charge in [0, 0.05) is 17.5 Å². The van der Waals surface area contributed by atoms with Gasteiger partial charge < -0.3 is 9.84 Å². The topological polar surface area (TPSA) is 85.1 Å². The monoisotopic (exact) mass is 375 g/mol. The number of halogens is 1. The number of nitrogens with one attached hydrogen (secondary N) is 1. The zero-order chi connectivity index (χ0) is 18.7. The van der Waals surface area contributed by atoms with Crippen LogP contribution in [0.2, 0.25) is 0 Å². The predicted octanol–water partition coefficient (Wildman–Crippen LogP) is 3.34. The van der Waals surface area contributed by atoms with Crippen molar-refractivity contribution in [2.24, 2.45) is 0 Å². The van der Waals surface area contributed by atoms with Gasteiger partial charge in [0.15, 0.2) is 9.84 Å². The molecule has 3 rings (SSSR count). The van der Waals surface area contributed by atoms with Gasteiger partial charge in [0.05, 0.1) is 12.3 Å². The van der Waals surface area contributed by atoms with Gasteiger partial charge in [-0.05, 0) is 30.2 Å². The van der Waals surface area contributed by atoms with Gasteiger partial charge in [-0.15, -0.1) is 0 Å². The van der Waals surface area contributed by atoms with Gasteiger partial charge in [0.1, 0.15) is 5.82 Å². The van der Waals surface area contributed by atoms with Crippen LogP contribution >= 0.6 is 0 Å². The zero-order valence-corrected chi connectivity index (χ0v) is 15.2. The van der Waals surface area contributed by atoms with Crippen molar-refractivity contribution in [2.45, 2.75) is 19.2 Å². The Bertz CT molecular complexity index is 1030. The molecule has 0 atom stereocenters. The summed E-state index contributed by atoms with van der Waals surface area (Å²) in [7, 11) is -3.15. The summed E-state index contributed by atoms with van der Waals surface area (Å²) in [5.41, 5.74) is 2.41. The lowest BCUT2D eigenvalue weighted by Gasteiger charge is -2.09. The highest BCUT2D eigenvalue weighted by molar-refractivity contribution is 7.89. The molecule has 136 valence electrons. The molecule has 0 saturated carbocycles. The van der Waals surface area contributed by atoms with Crippen molar-refractivity contribution in [1.82, 2.24) is 10.1 Å². The fraction of sp³-hybridized carbons (Fsp3) is 0.222. The number of anilines is 1. The molecule has 0 unspecified atom stereocenters. The van der Waals surface area contributed by atoms with Crippen LogP contribution in [0.25, 0.3) is 11.4 Å². The van der Waals surface area contributed by atoms with Crippen LogP contribution in [0.1, 0.15) is 17.0 Å². The Balaban J connectivity index is 1.74. The van der Waals surface area contributed by atoms with Crippen LogP contribution in [0.15, 0.2) is 47.0 Å². The minimum Gasteiger partial charge on any atom is -0.376 e. The fourth-order valence-corrected chi connectivity index (χ4v) is 3.26. The summed E-state index contributed by atoms with van der Waals surface area (Å²) < 4.78 is 41.9. The third-order valence-electron chi connectivity index (χ3n) is 3.76. The average Bonchev–Trinajstić information content (AvgIpc) is 3.04. The van der Waals surface area contributed by atoms with Crippen molar-refractivity contribution in [3.05, 3.63) is 65.3 Å². The smallest absolute Gasteiger partial charge is 0.246 e. The first-order chi connectivity index (χ1) is 12.3. The standard InChI is InChI=1S/C18H18FN3O3S/c1-12-7-8-13(9-15(12)19)18-21-17(25-22-18)10-20-16-6-4-3-5-14(16)11-26(2,23)24/h3-9,20H,10-11H2,1-2H3. The molecule has 2 aromatic carbocycles. The third kappa shape index (κ3) is 4.45. The summed E-state index contributed by atoms with van der Waals surface area (Å²) in [6.07, 6.45) is 1.19. The molecule has 1 heterocycles. The molecule has 0 saturated heterocycles. The third-order valence-corrected chi connectivity index (χ3v) is 4.60. The number of benzene rings is 2. The van der Waals surface area contributed by atoms with Gasteiger partial charge >= 0.3 is 0 Å². The summed E-state index contributed by atoms with van der Waals surface area (Å²) in [6.45, 7) is 1.90. The normalized spacial score (nSPS) is 11.5. The van der Waals surface area contributed by atoms with Crippen LogP contribution in [-0.2, 0) is 22.1 Å². The molecular formula is C18H18FN3O3S. The predicted molar refractivity (Wildman–Crippen MR) is 96.7 cm³/mol. The molecule has 0 aliphatic heterocycles. The van der Waals surface area contributed by atoms with Crippen molar-refractivity contribution in [3.8, 4) is 11.4 Å². The maximum atomic E-state index is 13.7. The lowest BCUT2D eigenvalue weighted by Crippen LogP contribution is -2.06. The van der Waals surface area contributed by atoms with E-state index in [4.69, 9.17) is 4.52 Å². The summed E-state index contributed by atoms with van der Waals surface area (Å²) in [5, 5.41) is 6.97. The molecular weight excluding hydrogens is 357 g/mol. The second-order valence-electron chi connectivity index (χ2n) is 6.06. The maximum Gasteiger partial charge on any atom is 0.246 e. The van der Waals surface area contributed by atoms with Crippen molar-refractivity contribution < 1.29 is 17.3 Å². The van der Waals surface area contributed by atoms with E-state index in [1.165, 1.54) is 12.3 Å². The van der Waals surface area contributed by atoms with Gasteiger partial charge in [0.2, 0.25) is 11.7 Å². The van der Waals surface area contributed by atoms with E-state index in [1.807, 2.05) is 6.07 Å². The number of aromatic nitrogens is 2. The molecule has 0 aliphatic rings. The second-order valence-corrected chi connectivity index (χ2v) is 8.20. The molecule has 0 spiro atoms. The van der Waals surface area contributed by atoms with Crippen LogP contribution in [0.4, 0.5) is 10.1 Å². The fourth-order valence-electron chi connectivity index (χ4n) is 2.45. The molecule has 0 radical (unpaired) electrons. The molecule has 8 heteroatoms. The molecule has 0 bridgehead atoms. The van der Waals surface area contributed by atoms with Gasteiger partial charge in [-0.1, -0.05) is 35.5 Å². The Morgan fingerprint density at radius 2 is 1.96 bits per heavy atom. The van der Waals surface area contributed by atoms with Crippen molar-refractivity contribution in [3.63, 3.8) is 0 Å². The van der Waals surface area contributed by atoms with Crippen LogP contribution in [0.3, 0.4) is 0 Å². The Labute approximate surface area is 151 Å². The molecule has 6 nitrogen and oxygen atoms in total. The lowest BCUT2D eigenvalue weighted by atomic mass is 10.1. The second kappa shape index (κ2) is 7.25. The summed E-state index contributed by atoms with van der Waals surface area (Å²) in [6, 6.07) is 11.9. The first-order valence-electron chi connectivity index (χ1n) is 7.90. The maximum absolute atomic E-state index is 13.7. The van der Waals surface area contributed by atoms with E-state index < -0.39 is 9.84 Å². The number of sulfone groups is 1. The number of aryl methyl sites for hydroxylation is 1. The van der Waals surface area contributed by atoms with E-state index in [0.29, 0.717) is 34.1 Å². The lowest BCUT2D eigenvalue weighted by molar-refractivity contribution is 0.384. The van der Waals surface area contributed by atoms with Crippen LogP contribution in [-0.4, -0.2) is 24.8 Å². The molecule has 3 aromatic rings. The summed E-state index contributed by atoms with van der Waals surface area (Å²) >= 11 is 0. The summed E-state index contributed by atoms with van der Waals surface area (Å²) in [5.74, 6) is 0.218. The molecule has 1 aromatic heterocycles. The number of hydrogen-bond acceptors (Lipinski definition) is 6. The number of rotatable bonds is 6. The average molecular weight is 375 g/mol. The number of para-hydroxylation sites is 1. The van der Waals surface area contributed by atoms with Gasteiger partial charge in [-0.2, -0.15) is 4.98 Å². The molecule has 0 amide bonds. The van der Waals surface area contributed by atoms with E-state index >= 15 is 0 Å². The highest BCUT2D eigenvalue weighted by Gasteiger charge is 2.12. The van der Waals surface area contributed by atoms with Gasteiger partial charge in [0.25, 0.3) is 0 Å². The molecule has 26 heavy (non-hydrogen) atoms. The van der Waals surface area contributed by atoms with Crippen LogP contribution in [0, 0.1) is 12.7 Å². The highest BCUT2D eigenvalue weighted by Crippen LogP contribution is 2.21. The minimum absolute atomic E-state index is 0.0616. The van der Waals surface area contributed by atoms with Crippen LogP contribution < -0.4 is 5.32 Å². The number of nitrogens with zero attached hydrogens (tertiary/aromatic N) is 2. The Hall–Kier alpha value is -2.74. The Kier molecular flexibility index (Phi) is 5.03. The molecule has 1 N–H and O–H groups in total. The van der Waals surface area contributed by atoms with Gasteiger partial charge in [-0.3, -0.25) is 0 Å². The number of hydrogen-bond donors (Lipinski definition) is 1. The highest BCUT2D eigenvalue weighted by atomic mass is 32.2. The Morgan fingerprint density at radius 3 is 2.69 bits per heavy atom. The SMILES string of the molecule is Cc1ccc(-c2noc(CNc3ccccc3CS(C)(=O)=O)n2)cc1F. The van der Waals surface area contributed by atoms with E-state index in [1.54, 1.807) is 37.3 Å². The molecule has 0 fully saturated rings. The Morgan fingerprint density at radius 1 is 1.19 bits per heavy atom. The minimum atomic E-state index is -3.15. The first kappa shape index (κ1) is 18.1. The van der Waals surface area contributed by atoms with E-state index in [2.05, 4.69) is 15.5 Å². The first-order valence-corrected chi connectivity index (χ1v) is 9.96. The van der Waals surface area contributed by atoms with E-state index in [-0.39, 0.29) is 18.1 Å². The molecule has 0 aliphatic carbocycles. The van der Waals surface area contributed by atoms with Crippen molar-refractivity contribution in [2.75, 3.05) is 11.6 Å². The van der Waals surface area contributed by atoms with Gasteiger partial charge in [-0.25, -0.2) is 12.8 Å². The van der Waals surface area contributed by atoms with E-state index in [0.717, 1.165) is 0 Å². The van der Waals surface area contributed by atoms with Crippen molar-refractivity contribution >= 4 is 15.5 Å².